The van der Waals surface area contributed by atoms with Gasteiger partial charge in [0.1, 0.15) is 0 Å². The Morgan fingerprint density at radius 1 is 1.24 bits per heavy atom. The number of hydrogen-bond donors (Lipinski definition) is 1. The van der Waals surface area contributed by atoms with Crippen molar-refractivity contribution in [2.24, 2.45) is 5.92 Å². The quantitative estimate of drug-likeness (QED) is 0.842. The first-order chi connectivity index (χ1) is 9.55. The average Bonchev–Trinajstić information content (AvgIpc) is 2.24. The summed E-state index contributed by atoms with van der Waals surface area (Å²) in [5.41, 5.74) is 2.10. The van der Waals surface area contributed by atoms with Gasteiger partial charge in [-0.2, -0.15) is 0 Å². The van der Waals surface area contributed by atoms with Crippen LogP contribution < -0.4 is 5.32 Å². The lowest BCUT2D eigenvalue weighted by atomic mass is 9.99. The molecule has 0 saturated heterocycles. The molecule has 4 nitrogen and oxygen atoms in total. The van der Waals surface area contributed by atoms with Gasteiger partial charge in [-0.25, -0.2) is 8.42 Å². The molecule has 0 aliphatic carbocycles. The van der Waals surface area contributed by atoms with Crippen molar-refractivity contribution in [1.29, 1.82) is 0 Å². The van der Waals surface area contributed by atoms with Gasteiger partial charge in [-0.15, -0.1) is 0 Å². The van der Waals surface area contributed by atoms with E-state index in [0.717, 1.165) is 12.0 Å². The summed E-state index contributed by atoms with van der Waals surface area (Å²) in [6.07, 6.45) is 0.871. The van der Waals surface area contributed by atoms with Crippen LogP contribution in [0.1, 0.15) is 47.3 Å². The first-order valence-corrected chi connectivity index (χ1v) is 9.20. The summed E-state index contributed by atoms with van der Waals surface area (Å²) in [5, 5.41) is 2.83. The fourth-order valence-corrected chi connectivity index (χ4v) is 4.08. The number of carbonyl (C=O) groups excluding carboxylic acids is 1. The second-order valence-electron chi connectivity index (χ2n) is 5.72. The lowest BCUT2D eigenvalue weighted by Crippen LogP contribution is -2.27. The minimum atomic E-state index is -3.88. The molecule has 0 unspecified atom stereocenters. The standard InChI is InChI=1S/C15H22ClNO3S/c1-9(2)6-7-17-15(18)13-10(3)8-11(4)14(12(13)5)21(16,19)20/h8-9H,6-7H2,1-5H3,(H,17,18). The summed E-state index contributed by atoms with van der Waals surface area (Å²) in [7, 11) is 1.61. The summed E-state index contributed by atoms with van der Waals surface area (Å²) in [6.45, 7) is 9.80. The van der Waals surface area contributed by atoms with Crippen LogP contribution >= 0.6 is 10.7 Å². The van der Waals surface area contributed by atoms with Crippen LogP contribution in [0.3, 0.4) is 0 Å². The van der Waals surface area contributed by atoms with Crippen molar-refractivity contribution in [2.45, 2.75) is 45.9 Å². The first kappa shape index (κ1) is 18.0. The predicted octanol–water partition coefficient (Wildman–Crippen LogP) is 3.32. The fraction of sp³-hybridized carbons (Fsp3) is 0.533. The topological polar surface area (TPSA) is 63.2 Å². The van der Waals surface area contributed by atoms with Gasteiger partial charge >= 0.3 is 0 Å². The number of amides is 1. The number of hydrogen-bond acceptors (Lipinski definition) is 3. The minimum absolute atomic E-state index is 0.0313. The van der Waals surface area contributed by atoms with E-state index >= 15 is 0 Å². The maximum absolute atomic E-state index is 12.3. The number of aryl methyl sites for hydroxylation is 2. The van der Waals surface area contributed by atoms with Gasteiger partial charge in [-0.05, 0) is 49.8 Å². The van der Waals surface area contributed by atoms with Gasteiger partial charge in [0.2, 0.25) is 0 Å². The Labute approximate surface area is 131 Å². The molecule has 1 N–H and O–H groups in total. The maximum atomic E-state index is 12.3. The van der Waals surface area contributed by atoms with Gasteiger partial charge < -0.3 is 5.32 Å². The number of carbonyl (C=O) groups is 1. The van der Waals surface area contributed by atoms with Crippen molar-refractivity contribution in [3.8, 4) is 0 Å². The smallest absolute Gasteiger partial charge is 0.261 e. The van der Waals surface area contributed by atoms with Crippen LogP contribution in [0.2, 0.25) is 0 Å². The van der Waals surface area contributed by atoms with Crippen molar-refractivity contribution in [3.05, 3.63) is 28.3 Å². The molecule has 0 radical (unpaired) electrons. The molecule has 1 aromatic carbocycles. The summed E-state index contributed by atoms with van der Waals surface area (Å²) >= 11 is 0. The number of rotatable bonds is 5. The van der Waals surface area contributed by atoms with Crippen LogP contribution in [-0.2, 0) is 9.05 Å². The van der Waals surface area contributed by atoms with E-state index in [2.05, 4.69) is 19.2 Å². The highest BCUT2D eigenvalue weighted by Crippen LogP contribution is 2.28. The molecule has 1 rings (SSSR count). The van der Waals surface area contributed by atoms with Crippen molar-refractivity contribution in [1.82, 2.24) is 5.32 Å². The zero-order valence-corrected chi connectivity index (χ0v) is 14.7. The van der Waals surface area contributed by atoms with Gasteiger partial charge in [-0.3, -0.25) is 4.79 Å². The molecule has 21 heavy (non-hydrogen) atoms. The molecule has 0 saturated carbocycles. The molecule has 0 spiro atoms. The molecule has 118 valence electrons. The molecule has 6 heteroatoms. The van der Waals surface area contributed by atoms with E-state index in [9.17, 15) is 13.2 Å². The molecule has 0 aliphatic rings. The first-order valence-electron chi connectivity index (χ1n) is 6.89. The third-order valence-electron chi connectivity index (χ3n) is 3.38. The highest BCUT2D eigenvalue weighted by Gasteiger charge is 2.23. The second kappa shape index (κ2) is 6.79. The van der Waals surface area contributed by atoms with Crippen LogP contribution in [0.15, 0.2) is 11.0 Å². The average molecular weight is 332 g/mol. The Morgan fingerprint density at radius 2 is 1.81 bits per heavy atom. The zero-order chi connectivity index (χ0) is 16.4. The van der Waals surface area contributed by atoms with E-state index in [1.165, 1.54) is 0 Å². The highest BCUT2D eigenvalue weighted by molar-refractivity contribution is 8.13. The summed E-state index contributed by atoms with van der Waals surface area (Å²) in [4.78, 5) is 12.3. The summed E-state index contributed by atoms with van der Waals surface area (Å²) in [5.74, 6) is 0.233. The van der Waals surface area contributed by atoms with Crippen molar-refractivity contribution in [2.75, 3.05) is 6.54 Å². The molecular formula is C15H22ClNO3S. The van der Waals surface area contributed by atoms with Gasteiger partial charge in [0.15, 0.2) is 0 Å². The van der Waals surface area contributed by atoms with E-state index in [4.69, 9.17) is 10.7 Å². The van der Waals surface area contributed by atoms with Gasteiger partial charge in [-0.1, -0.05) is 19.9 Å². The van der Waals surface area contributed by atoms with Crippen molar-refractivity contribution in [3.63, 3.8) is 0 Å². The Bertz CT molecular complexity index is 651. The maximum Gasteiger partial charge on any atom is 0.261 e. The van der Waals surface area contributed by atoms with Crippen LogP contribution in [-0.4, -0.2) is 20.9 Å². The number of benzene rings is 1. The monoisotopic (exact) mass is 331 g/mol. The van der Waals surface area contributed by atoms with E-state index in [1.807, 2.05) is 0 Å². The van der Waals surface area contributed by atoms with E-state index in [1.54, 1.807) is 26.8 Å². The van der Waals surface area contributed by atoms with Gasteiger partial charge in [0.25, 0.3) is 15.0 Å². The van der Waals surface area contributed by atoms with Gasteiger partial charge in [0.05, 0.1) is 4.90 Å². The predicted molar refractivity (Wildman–Crippen MR) is 85.5 cm³/mol. The molecule has 0 bridgehead atoms. The second-order valence-corrected chi connectivity index (χ2v) is 8.22. The normalized spacial score (nSPS) is 11.8. The van der Waals surface area contributed by atoms with Crippen LogP contribution in [0.5, 0.6) is 0 Å². The number of halogens is 1. The molecular weight excluding hydrogens is 310 g/mol. The van der Waals surface area contributed by atoms with Crippen molar-refractivity contribution >= 4 is 25.6 Å². The minimum Gasteiger partial charge on any atom is -0.352 e. The van der Waals surface area contributed by atoms with E-state index < -0.39 is 9.05 Å². The molecule has 0 atom stereocenters. The molecule has 1 aromatic rings. The van der Waals surface area contributed by atoms with Crippen LogP contribution in [0, 0.1) is 26.7 Å². The lowest BCUT2D eigenvalue weighted by Gasteiger charge is -2.15. The number of nitrogens with one attached hydrogen (secondary N) is 1. The third kappa shape index (κ3) is 4.45. The van der Waals surface area contributed by atoms with Crippen molar-refractivity contribution < 1.29 is 13.2 Å². The Hall–Kier alpha value is -1.07. The highest BCUT2D eigenvalue weighted by atomic mass is 35.7. The zero-order valence-electron chi connectivity index (χ0n) is 13.1. The largest absolute Gasteiger partial charge is 0.352 e. The Balaban J connectivity index is 3.22. The van der Waals surface area contributed by atoms with Gasteiger partial charge in [0, 0.05) is 22.8 Å². The Kier molecular flexibility index (Phi) is 5.82. The fourth-order valence-electron chi connectivity index (χ4n) is 2.45. The van der Waals surface area contributed by atoms with E-state index in [0.29, 0.717) is 29.2 Å². The summed E-state index contributed by atoms with van der Waals surface area (Å²) < 4.78 is 23.4. The lowest BCUT2D eigenvalue weighted by molar-refractivity contribution is 0.0950. The molecule has 0 fully saturated rings. The Morgan fingerprint density at radius 3 is 2.29 bits per heavy atom. The SMILES string of the molecule is Cc1cc(C)c(S(=O)(=O)Cl)c(C)c1C(=O)NCCC(C)C. The third-order valence-corrected chi connectivity index (χ3v) is 4.96. The van der Waals surface area contributed by atoms with E-state index in [-0.39, 0.29) is 10.8 Å². The van der Waals surface area contributed by atoms with Crippen LogP contribution in [0.25, 0.3) is 0 Å². The molecule has 1 amide bonds. The van der Waals surface area contributed by atoms with Crippen LogP contribution in [0.4, 0.5) is 0 Å². The molecule has 0 aromatic heterocycles. The molecule has 0 heterocycles. The molecule has 0 aliphatic heterocycles. The summed E-state index contributed by atoms with van der Waals surface area (Å²) in [6, 6.07) is 1.68.